The normalized spacial score (nSPS) is 10.5. The summed E-state index contributed by atoms with van der Waals surface area (Å²) in [7, 11) is 3.02. The van der Waals surface area contributed by atoms with E-state index in [-0.39, 0.29) is 5.97 Å². The van der Waals surface area contributed by atoms with Crippen molar-refractivity contribution in [2.75, 3.05) is 20.8 Å². The maximum atomic E-state index is 10.9. The molecule has 0 aliphatic heterocycles. The quantitative estimate of drug-likeness (QED) is 0.431. The summed E-state index contributed by atoms with van der Waals surface area (Å²) in [6.45, 7) is 0.604. The number of carbonyl (C=O) groups is 1. The number of carbonyl (C=O) groups excluding carboxylic acids is 1. The summed E-state index contributed by atoms with van der Waals surface area (Å²) in [5.74, 6) is 0.599. The van der Waals surface area contributed by atoms with Crippen LogP contribution >= 0.6 is 0 Å². The third-order valence-corrected chi connectivity index (χ3v) is 2.27. The number of ether oxygens (including phenoxy) is 2. The number of methoxy groups -OCH3 is 2. The van der Waals surface area contributed by atoms with Crippen LogP contribution in [0.25, 0.3) is 0 Å². The highest BCUT2D eigenvalue weighted by molar-refractivity contribution is 5.83. The molecule has 0 radical (unpaired) electrons. The SMILES string of the molecule is COC(=O)CCCN=Cc1ccccc1OC. The molecule has 0 N–H and O–H groups in total. The van der Waals surface area contributed by atoms with Crippen LogP contribution < -0.4 is 4.74 Å². The number of hydrogen-bond donors (Lipinski definition) is 0. The average molecular weight is 235 g/mol. The Balaban J connectivity index is 2.40. The molecule has 1 aromatic rings. The number of hydrogen-bond acceptors (Lipinski definition) is 4. The number of aliphatic imine (C=N–C) groups is 1. The van der Waals surface area contributed by atoms with Gasteiger partial charge in [0, 0.05) is 24.7 Å². The second kappa shape index (κ2) is 7.44. The van der Waals surface area contributed by atoms with Crippen molar-refractivity contribution >= 4 is 12.2 Å². The van der Waals surface area contributed by atoms with E-state index >= 15 is 0 Å². The summed E-state index contributed by atoms with van der Waals surface area (Å²) in [6.07, 6.45) is 2.86. The molecule has 17 heavy (non-hydrogen) atoms. The van der Waals surface area contributed by atoms with Gasteiger partial charge in [0.2, 0.25) is 0 Å². The lowest BCUT2D eigenvalue weighted by molar-refractivity contribution is -0.140. The minimum atomic E-state index is -0.197. The minimum Gasteiger partial charge on any atom is -0.496 e. The van der Waals surface area contributed by atoms with E-state index < -0.39 is 0 Å². The topological polar surface area (TPSA) is 47.9 Å². The highest BCUT2D eigenvalue weighted by Gasteiger charge is 1.99. The molecule has 0 spiro atoms. The van der Waals surface area contributed by atoms with Gasteiger partial charge in [0.05, 0.1) is 14.2 Å². The van der Waals surface area contributed by atoms with Crippen LogP contribution in [-0.4, -0.2) is 32.9 Å². The lowest BCUT2D eigenvalue weighted by Gasteiger charge is -2.02. The van der Waals surface area contributed by atoms with Crippen LogP contribution in [0.3, 0.4) is 0 Å². The Labute approximate surface area is 101 Å². The number of nitrogens with zero attached hydrogens (tertiary/aromatic N) is 1. The first-order valence-electron chi connectivity index (χ1n) is 5.47. The fourth-order valence-corrected chi connectivity index (χ4v) is 1.35. The number of para-hydroxylation sites is 1. The molecular weight excluding hydrogens is 218 g/mol. The first-order valence-corrected chi connectivity index (χ1v) is 5.47. The van der Waals surface area contributed by atoms with Crippen molar-refractivity contribution in [3.05, 3.63) is 29.8 Å². The molecule has 4 heteroatoms. The molecule has 4 nitrogen and oxygen atoms in total. The monoisotopic (exact) mass is 235 g/mol. The summed E-state index contributed by atoms with van der Waals surface area (Å²) in [5, 5.41) is 0. The molecule has 0 aromatic heterocycles. The lowest BCUT2D eigenvalue weighted by Crippen LogP contribution is -2.00. The van der Waals surface area contributed by atoms with Crippen LogP contribution in [0, 0.1) is 0 Å². The molecule has 0 aliphatic carbocycles. The van der Waals surface area contributed by atoms with Crippen molar-refractivity contribution in [2.24, 2.45) is 4.99 Å². The fourth-order valence-electron chi connectivity index (χ4n) is 1.35. The van der Waals surface area contributed by atoms with Crippen LogP contribution in [-0.2, 0) is 9.53 Å². The summed E-state index contributed by atoms with van der Waals surface area (Å²) in [5.41, 5.74) is 0.938. The van der Waals surface area contributed by atoms with Gasteiger partial charge >= 0.3 is 5.97 Å². The summed E-state index contributed by atoms with van der Waals surface area (Å²) < 4.78 is 9.73. The van der Waals surface area contributed by atoms with Crippen LogP contribution in [0.15, 0.2) is 29.3 Å². The van der Waals surface area contributed by atoms with Crippen molar-refractivity contribution in [3.8, 4) is 5.75 Å². The second-order valence-corrected chi connectivity index (χ2v) is 3.46. The lowest BCUT2D eigenvalue weighted by atomic mass is 10.2. The van der Waals surface area contributed by atoms with Gasteiger partial charge in [-0.15, -0.1) is 0 Å². The number of benzene rings is 1. The number of rotatable bonds is 6. The molecule has 1 rings (SSSR count). The van der Waals surface area contributed by atoms with E-state index in [1.807, 2.05) is 24.3 Å². The van der Waals surface area contributed by atoms with E-state index in [2.05, 4.69) is 9.73 Å². The maximum Gasteiger partial charge on any atom is 0.305 e. The first-order chi connectivity index (χ1) is 8.27. The zero-order valence-electron chi connectivity index (χ0n) is 10.2. The van der Waals surface area contributed by atoms with Crippen molar-refractivity contribution in [1.29, 1.82) is 0 Å². The Morgan fingerprint density at radius 1 is 1.35 bits per heavy atom. The Kier molecular flexibility index (Phi) is 5.79. The molecule has 1 aromatic carbocycles. The average Bonchev–Trinajstić information content (AvgIpc) is 2.38. The van der Waals surface area contributed by atoms with E-state index in [9.17, 15) is 4.79 Å². The molecule has 92 valence electrons. The Bertz CT molecular complexity index is 388. The van der Waals surface area contributed by atoms with Crippen molar-refractivity contribution < 1.29 is 14.3 Å². The molecule has 0 saturated heterocycles. The predicted octanol–water partition coefficient (Wildman–Crippen LogP) is 2.07. The molecule has 0 saturated carbocycles. The van der Waals surface area contributed by atoms with Crippen molar-refractivity contribution in [2.45, 2.75) is 12.8 Å². The van der Waals surface area contributed by atoms with E-state index in [0.717, 1.165) is 11.3 Å². The van der Waals surface area contributed by atoms with Gasteiger partial charge in [-0.05, 0) is 18.6 Å². The van der Waals surface area contributed by atoms with E-state index in [0.29, 0.717) is 19.4 Å². The minimum absolute atomic E-state index is 0.197. The van der Waals surface area contributed by atoms with Crippen molar-refractivity contribution in [1.82, 2.24) is 0 Å². The van der Waals surface area contributed by atoms with Gasteiger partial charge in [-0.25, -0.2) is 0 Å². The third kappa shape index (κ3) is 4.68. The zero-order chi connectivity index (χ0) is 12.5. The fraction of sp³-hybridized carbons (Fsp3) is 0.385. The summed E-state index contributed by atoms with van der Waals surface area (Å²) in [4.78, 5) is 15.1. The van der Waals surface area contributed by atoms with Crippen LogP contribution in [0.2, 0.25) is 0 Å². The van der Waals surface area contributed by atoms with Crippen LogP contribution in [0.5, 0.6) is 5.75 Å². The molecule has 0 amide bonds. The highest BCUT2D eigenvalue weighted by atomic mass is 16.5. The van der Waals surface area contributed by atoms with E-state index in [1.54, 1.807) is 13.3 Å². The molecule has 0 atom stereocenters. The largest absolute Gasteiger partial charge is 0.496 e. The molecule has 0 unspecified atom stereocenters. The van der Waals surface area contributed by atoms with Gasteiger partial charge in [0.1, 0.15) is 5.75 Å². The molecule has 0 fully saturated rings. The Hall–Kier alpha value is -1.84. The standard InChI is InChI=1S/C13H17NO3/c1-16-12-7-4-3-6-11(12)10-14-9-5-8-13(15)17-2/h3-4,6-7,10H,5,8-9H2,1-2H3. The van der Waals surface area contributed by atoms with Gasteiger partial charge in [0.15, 0.2) is 0 Å². The molecule has 0 heterocycles. The van der Waals surface area contributed by atoms with E-state index in [1.165, 1.54) is 7.11 Å². The predicted molar refractivity (Wildman–Crippen MR) is 66.7 cm³/mol. The maximum absolute atomic E-state index is 10.9. The second-order valence-electron chi connectivity index (χ2n) is 3.46. The smallest absolute Gasteiger partial charge is 0.305 e. The first kappa shape index (κ1) is 13.2. The van der Waals surface area contributed by atoms with E-state index in [4.69, 9.17) is 4.74 Å². The van der Waals surface area contributed by atoms with Crippen molar-refractivity contribution in [3.63, 3.8) is 0 Å². The third-order valence-electron chi connectivity index (χ3n) is 2.27. The van der Waals surface area contributed by atoms with Gasteiger partial charge in [-0.1, -0.05) is 12.1 Å². The summed E-state index contributed by atoms with van der Waals surface area (Å²) in [6, 6.07) is 7.66. The Morgan fingerprint density at radius 3 is 2.82 bits per heavy atom. The number of esters is 1. The van der Waals surface area contributed by atoms with Gasteiger partial charge in [0.25, 0.3) is 0 Å². The van der Waals surface area contributed by atoms with Gasteiger partial charge in [-0.2, -0.15) is 0 Å². The van der Waals surface area contributed by atoms with Gasteiger partial charge in [-0.3, -0.25) is 9.79 Å². The Morgan fingerprint density at radius 2 is 2.12 bits per heavy atom. The molecule has 0 bridgehead atoms. The molecule has 0 aliphatic rings. The van der Waals surface area contributed by atoms with Crippen LogP contribution in [0.4, 0.5) is 0 Å². The van der Waals surface area contributed by atoms with Crippen LogP contribution in [0.1, 0.15) is 18.4 Å². The zero-order valence-corrected chi connectivity index (χ0v) is 10.2. The highest BCUT2D eigenvalue weighted by Crippen LogP contribution is 2.14. The summed E-state index contributed by atoms with van der Waals surface area (Å²) >= 11 is 0. The molecular formula is C13H17NO3. The van der Waals surface area contributed by atoms with Gasteiger partial charge < -0.3 is 9.47 Å².